The Morgan fingerprint density at radius 1 is 0.970 bits per heavy atom. The molecule has 5 rings (SSSR count). The molecule has 0 saturated carbocycles. The number of benzene rings is 3. The molecule has 33 heavy (non-hydrogen) atoms. The molecular weight excluding hydrogens is 422 g/mol. The number of rotatable bonds is 5. The van der Waals surface area contributed by atoms with Gasteiger partial charge in [0.1, 0.15) is 17.2 Å². The van der Waals surface area contributed by atoms with E-state index < -0.39 is 11.6 Å². The van der Waals surface area contributed by atoms with Crippen molar-refractivity contribution < 1.29 is 13.2 Å². The highest BCUT2D eigenvalue weighted by Gasteiger charge is 2.18. The Morgan fingerprint density at radius 3 is 2.42 bits per heavy atom. The Hall–Kier alpha value is -3.45. The molecule has 1 N–H and O–H groups in total. The first kappa shape index (κ1) is 21.4. The third-order valence-electron chi connectivity index (χ3n) is 6.20. The zero-order valence-corrected chi connectivity index (χ0v) is 18.7. The maximum atomic E-state index is 13.7. The number of hydrogen-bond acceptors (Lipinski definition) is 5. The van der Waals surface area contributed by atoms with E-state index in [1.54, 1.807) is 12.1 Å². The van der Waals surface area contributed by atoms with Gasteiger partial charge in [0.05, 0.1) is 0 Å². The first-order valence-corrected chi connectivity index (χ1v) is 11.2. The third kappa shape index (κ3) is 4.41. The number of para-hydroxylation sites is 1. The van der Waals surface area contributed by atoms with Gasteiger partial charge in [-0.2, -0.15) is 4.98 Å². The second-order valence-corrected chi connectivity index (χ2v) is 8.38. The Bertz CT molecular complexity index is 1270. The largest absolute Gasteiger partial charge is 0.423 e. The standard InChI is InChI=1S/C26H26F2N4O/c1-3-31-9-11-32(12-10-31)24-8-7-21(13-17(24)2)29-26-30-23-6-4-5-22(25(23)33-26)18-14-19(27)16-20(28)15-18/h4-8,13-16H,3,9-12H2,1-2H3,(H,29,30). The van der Waals surface area contributed by atoms with E-state index in [1.165, 1.54) is 23.4 Å². The van der Waals surface area contributed by atoms with Crippen LogP contribution in [0.25, 0.3) is 22.2 Å². The lowest BCUT2D eigenvalue weighted by Gasteiger charge is -2.36. The topological polar surface area (TPSA) is 44.5 Å². The summed E-state index contributed by atoms with van der Waals surface area (Å²) in [6.07, 6.45) is 0. The fourth-order valence-corrected chi connectivity index (χ4v) is 4.46. The van der Waals surface area contributed by atoms with Crippen LogP contribution in [0, 0.1) is 18.6 Å². The van der Waals surface area contributed by atoms with Crippen molar-refractivity contribution in [1.29, 1.82) is 0 Å². The van der Waals surface area contributed by atoms with Crippen molar-refractivity contribution >= 4 is 28.5 Å². The van der Waals surface area contributed by atoms with Crippen LogP contribution >= 0.6 is 0 Å². The van der Waals surface area contributed by atoms with Crippen molar-refractivity contribution in [2.24, 2.45) is 0 Å². The monoisotopic (exact) mass is 448 g/mol. The van der Waals surface area contributed by atoms with Crippen LogP contribution in [0.2, 0.25) is 0 Å². The van der Waals surface area contributed by atoms with Gasteiger partial charge in [-0.3, -0.25) is 0 Å². The Morgan fingerprint density at radius 2 is 1.73 bits per heavy atom. The summed E-state index contributed by atoms with van der Waals surface area (Å²) in [5.74, 6) is -1.27. The molecule has 4 aromatic rings. The second kappa shape index (κ2) is 8.83. The van der Waals surface area contributed by atoms with E-state index in [2.05, 4.69) is 46.1 Å². The molecular formula is C26H26F2N4O. The molecule has 7 heteroatoms. The number of anilines is 3. The lowest BCUT2D eigenvalue weighted by Crippen LogP contribution is -2.46. The highest BCUT2D eigenvalue weighted by molar-refractivity contribution is 5.91. The number of aryl methyl sites for hydroxylation is 1. The van der Waals surface area contributed by atoms with E-state index in [9.17, 15) is 8.78 Å². The van der Waals surface area contributed by atoms with E-state index in [1.807, 2.05) is 12.1 Å². The number of fused-ring (bicyclic) bond motifs is 1. The van der Waals surface area contributed by atoms with E-state index in [0.717, 1.165) is 44.5 Å². The van der Waals surface area contributed by atoms with Crippen LogP contribution < -0.4 is 10.2 Å². The summed E-state index contributed by atoms with van der Waals surface area (Å²) in [6, 6.07) is 15.4. The number of aromatic nitrogens is 1. The summed E-state index contributed by atoms with van der Waals surface area (Å²) >= 11 is 0. The van der Waals surface area contributed by atoms with E-state index in [0.29, 0.717) is 28.2 Å². The molecule has 0 unspecified atom stereocenters. The molecule has 0 amide bonds. The Kier molecular flexibility index (Phi) is 5.72. The van der Waals surface area contributed by atoms with Crippen molar-refractivity contribution in [2.75, 3.05) is 42.9 Å². The average Bonchev–Trinajstić information content (AvgIpc) is 3.21. The van der Waals surface area contributed by atoms with Gasteiger partial charge in [0.25, 0.3) is 6.01 Å². The molecule has 0 radical (unpaired) electrons. The zero-order chi connectivity index (χ0) is 22.9. The first-order chi connectivity index (χ1) is 16.0. The van der Waals surface area contributed by atoms with Crippen LogP contribution in [0.1, 0.15) is 12.5 Å². The molecule has 1 saturated heterocycles. The summed E-state index contributed by atoms with van der Waals surface area (Å²) in [6.45, 7) is 9.61. The molecule has 0 atom stereocenters. The SMILES string of the molecule is CCN1CCN(c2ccc(Nc3nc4cccc(-c5cc(F)cc(F)c5)c4o3)cc2C)CC1. The minimum atomic E-state index is -0.633. The number of likely N-dealkylation sites (N-methyl/N-ethyl adjacent to an activating group) is 1. The Labute approximate surface area is 191 Å². The summed E-state index contributed by atoms with van der Waals surface area (Å²) in [4.78, 5) is 9.40. The van der Waals surface area contributed by atoms with E-state index in [-0.39, 0.29) is 0 Å². The maximum absolute atomic E-state index is 13.7. The fourth-order valence-electron chi connectivity index (χ4n) is 4.46. The molecule has 1 aliphatic rings. The molecule has 1 aliphatic heterocycles. The number of piperazine rings is 1. The van der Waals surface area contributed by atoms with Gasteiger partial charge in [0, 0.05) is 49.2 Å². The molecule has 170 valence electrons. The van der Waals surface area contributed by atoms with Crippen LogP contribution in [0.4, 0.5) is 26.2 Å². The number of halogens is 2. The van der Waals surface area contributed by atoms with Crippen LogP contribution in [-0.2, 0) is 0 Å². The maximum Gasteiger partial charge on any atom is 0.300 e. The van der Waals surface area contributed by atoms with E-state index >= 15 is 0 Å². The first-order valence-electron chi connectivity index (χ1n) is 11.2. The lowest BCUT2D eigenvalue weighted by atomic mass is 10.0. The molecule has 0 bridgehead atoms. The normalized spacial score (nSPS) is 14.7. The van der Waals surface area contributed by atoms with Crippen molar-refractivity contribution in [3.63, 3.8) is 0 Å². The lowest BCUT2D eigenvalue weighted by molar-refractivity contribution is 0.271. The van der Waals surface area contributed by atoms with Crippen molar-refractivity contribution in [3.8, 4) is 11.1 Å². The summed E-state index contributed by atoms with van der Waals surface area (Å²) in [7, 11) is 0. The average molecular weight is 449 g/mol. The molecule has 0 aliphatic carbocycles. The highest BCUT2D eigenvalue weighted by atomic mass is 19.1. The van der Waals surface area contributed by atoms with Gasteiger partial charge in [-0.25, -0.2) is 8.78 Å². The summed E-state index contributed by atoms with van der Waals surface area (Å²) < 4.78 is 33.5. The third-order valence-corrected chi connectivity index (χ3v) is 6.20. The second-order valence-electron chi connectivity index (χ2n) is 8.38. The molecule has 0 spiro atoms. The zero-order valence-electron chi connectivity index (χ0n) is 18.7. The predicted octanol–water partition coefficient (Wildman–Crippen LogP) is 5.97. The van der Waals surface area contributed by atoms with Crippen LogP contribution in [0.5, 0.6) is 0 Å². The minimum Gasteiger partial charge on any atom is -0.423 e. The molecule has 1 aromatic heterocycles. The summed E-state index contributed by atoms with van der Waals surface area (Å²) in [5, 5.41) is 3.23. The fraction of sp³-hybridized carbons (Fsp3) is 0.269. The van der Waals surface area contributed by atoms with Gasteiger partial charge in [-0.1, -0.05) is 19.1 Å². The van der Waals surface area contributed by atoms with Gasteiger partial charge in [0.2, 0.25) is 0 Å². The minimum absolute atomic E-state index is 0.332. The molecule has 3 aromatic carbocycles. The van der Waals surface area contributed by atoms with Crippen molar-refractivity contribution in [1.82, 2.24) is 9.88 Å². The van der Waals surface area contributed by atoms with Gasteiger partial charge in [-0.15, -0.1) is 0 Å². The number of hydrogen-bond donors (Lipinski definition) is 1. The van der Waals surface area contributed by atoms with Crippen LogP contribution in [0.3, 0.4) is 0 Å². The number of oxazole rings is 1. The highest BCUT2D eigenvalue weighted by Crippen LogP contribution is 2.33. The van der Waals surface area contributed by atoms with Crippen molar-refractivity contribution in [3.05, 3.63) is 71.8 Å². The number of nitrogens with zero attached hydrogens (tertiary/aromatic N) is 3. The predicted molar refractivity (Wildman–Crippen MR) is 128 cm³/mol. The summed E-state index contributed by atoms with van der Waals surface area (Å²) in [5.41, 5.74) is 5.37. The molecule has 2 heterocycles. The smallest absolute Gasteiger partial charge is 0.300 e. The van der Waals surface area contributed by atoms with Crippen molar-refractivity contribution in [2.45, 2.75) is 13.8 Å². The van der Waals surface area contributed by atoms with Gasteiger partial charge >= 0.3 is 0 Å². The molecule has 5 nitrogen and oxygen atoms in total. The quantitative estimate of drug-likeness (QED) is 0.408. The molecule has 1 fully saturated rings. The van der Waals surface area contributed by atoms with Crippen LogP contribution in [0.15, 0.2) is 59.0 Å². The van der Waals surface area contributed by atoms with Gasteiger partial charge in [-0.05, 0) is 61.0 Å². The van der Waals surface area contributed by atoms with Crippen LogP contribution in [-0.4, -0.2) is 42.6 Å². The van der Waals surface area contributed by atoms with E-state index in [4.69, 9.17) is 4.42 Å². The Balaban J connectivity index is 1.39. The number of nitrogens with one attached hydrogen (secondary N) is 1. The van der Waals surface area contributed by atoms with Gasteiger partial charge < -0.3 is 19.5 Å². The van der Waals surface area contributed by atoms with Gasteiger partial charge in [0.15, 0.2) is 5.58 Å².